The first-order valence-corrected chi connectivity index (χ1v) is 8.29. The predicted molar refractivity (Wildman–Crippen MR) is 94.8 cm³/mol. The number of hydrogen-bond acceptors (Lipinski definition) is 3. The van der Waals surface area contributed by atoms with E-state index in [9.17, 15) is 0 Å². The maximum absolute atomic E-state index is 8.85. The maximum Gasteiger partial charge on any atom is 0.154 e. The fourth-order valence-electron chi connectivity index (χ4n) is 2.62. The van der Waals surface area contributed by atoms with E-state index >= 15 is 0 Å². The van der Waals surface area contributed by atoms with E-state index in [4.69, 9.17) is 5.11 Å². The van der Waals surface area contributed by atoms with E-state index in [2.05, 4.69) is 47.0 Å². The smallest absolute Gasteiger partial charge is 0.154 e. The summed E-state index contributed by atoms with van der Waals surface area (Å²) in [6, 6.07) is 10.2. The lowest BCUT2D eigenvalue weighted by Gasteiger charge is -2.04. The third-order valence-corrected chi connectivity index (χ3v) is 4.03. The average molecular weight is 319 g/mol. The van der Waals surface area contributed by atoms with Crippen LogP contribution < -0.4 is 0 Å². The van der Waals surface area contributed by atoms with Crippen molar-refractivity contribution in [3.05, 3.63) is 65.1 Å². The molecule has 0 aliphatic heterocycles. The molecule has 3 aromatic rings. The first kappa shape index (κ1) is 16.2. The van der Waals surface area contributed by atoms with Gasteiger partial charge >= 0.3 is 0 Å². The molecule has 24 heavy (non-hydrogen) atoms. The SMILES string of the molecule is Cc1ccc(CCCCCO)cc1C#Cc1cnc2cccnn12. The van der Waals surface area contributed by atoms with E-state index in [1.54, 1.807) is 16.9 Å². The Morgan fingerprint density at radius 2 is 2.04 bits per heavy atom. The summed E-state index contributed by atoms with van der Waals surface area (Å²) in [5.74, 6) is 6.44. The van der Waals surface area contributed by atoms with Crippen molar-refractivity contribution in [1.82, 2.24) is 14.6 Å². The number of unbranched alkanes of at least 4 members (excludes halogenated alkanes) is 2. The van der Waals surface area contributed by atoms with Crippen LogP contribution in [0.15, 0.2) is 42.7 Å². The van der Waals surface area contributed by atoms with Crippen LogP contribution in [0.5, 0.6) is 0 Å². The molecule has 0 amide bonds. The third kappa shape index (κ3) is 3.81. The zero-order valence-electron chi connectivity index (χ0n) is 13.9. The molecule has 122 valence electrons. The first-order valence-electron chi connectivity index (χ1n) is 8.29. The van der Waals surface area contributed by atoms with Crippen molar-refractivity contribution >= 4 is 5.65 Å². The minimum absolute atomic E-state index is 0.276. The van der Waals surface area contributed by atoms with E-state index in [-0.39, 0.29) is 6.61 Å². The number of benzene rings is 1. The number of aryl methyl sites for hydroxylation is 2. The second-order valence-corrected chi connectivity index (χ2v) is 5.87. The molecule has 3 rings (SSSR count). The van der Waals surface area contributed by atoms with Crippen molar-refractivity contribution in [2.45, 2.75) is 32.6 Å². The van der Waals surface area contributed by atoms with Gasteiger partial charge in [0.15, 0.2) is 5.65 Å². The van der Waals surface area contributed by atoms with Crippen LogP contribution in [-0.4, -0.2) is 26.3 Å². The molecular formula is C20H21N3O. The van der Waals surface area contributed by atoms with E-state index in [0.717, 1.165) is 42.6 Å². The molecule has 0 unspecified atom stereocenters. The maximum atomic E-state index is 8.85. The molecule has 0 aliphatic rings. The highest BCUT2D eigenvalue weighted by Gasteiger charge is 2.01. The minimum atomic E-state index is 0.276. The quantitative estimate of drug-likeness (QED) is 0.580. The molecule has 0 saturated carbocycles. The Kier molecular flexibility index (Phi) is 5.25. The Morgan fingerprint density at radius 1 is 1.12 bits per heavy atom. The number of imidazole rings is 1. The van der Waals surface area contributed by atoms with Crippen molar-refractivity contribution in [3.8, 4) is 11.8 Å². The molecule has 0 fully saturated rings. The van der Waals surface area contributed by atoms with E-state index in [1.807, 2.05) is 12.1 Å². The highest BCUT2D eigenvalue weighted by molar-refractivity contribution is 5.48. The topological polar surface area (TPSA) is 50.4 Å². The van der Waals surface area contributed by atoms with Crippen LogP contribution in [0.4, 0.5) is 0 Å². The molecule has 0 spiro atoms. The molecule has 1 N–H and O–H groups in total. The lowest BCUT2D eigenvalue weighted by atomic mass is 10.0. The number of aliphatic hydroxyl groups is 1. The normalized spacial score (nSPS) is 10.6. The van der Waals surface area contributed by atoms with Gasteiger partial charge in [0.05, 0.1) is 6.20 Å². The summed E-state index contributed by atoms with van der Waals surface area (Å²) in [7, 11) is 0. The largest absolute Gasteiger partial charge is 0.396 e. The second-order valence-electron chi connectivity index (χ2n) is 5.87. The summed E-state index contributed by atoms with van der Waals surface area (Å²) in [6.45, 7) is 2.35. The average Bonchev–Trinajstić information content (AvgIpc) is 3.02. The number of aliphatic hydroxyl groups excluding tert-OH is 1. The molecule has 4 nitrogen and oxygen atoms in total. The Hall–Kier alpha value is -2.64. The number of hydrogen-bond donors (Lipinski definition) is 1. The highest BCUT2D eigenvalue weighted by atomic mass is 16.2. The summed E-state index contributed by atoms with van der Waals surface area (Å²) >= 11 is 0. The Bertz CT molecular complexity index is 887. The van der Waals surface area contributed by atoms with Gasteiger partial charge < -0.3 is 5.11 Å². The van der Waals surface area contributed by atoms with Crippen LogP contribution in [0.1, 0.15) is 41.6 Å². The van der Waals surface area contributed by atoms with Crippen LogP contribution in [0, 0.1) is 18.8 Å². The van der Waals surface area contributed by atoms with E-state index < -0.39 is 0 Å². The second kappa shape index (κ2) is 7.76. The number of aromatic nitrogens is 3. The molecule has 0 bridgehead atoms. The molecule has 1 aromatic carbocycles. The van der Waals surface area contributed by atoms with Crippen LogP contribution in [0.2, 0.25) is 0 Å². The molecular weight excluding hydrogens is 298 g/mol. The van der Waals surface area contributed by atoms with Gasteiger partial charge in [-0.25, -0.2) is 9.50 Å². The molecule has 2 aromatic heterocycles. The Labute approximate surface area is 142 Å². The summed E-state index contributed by atoms with van der Waals surface area (Å²) in [6.07, 6.45) is 7.53. The van der Waals surface area contributed by atoms with Crippen LogP contribution in [-0.2, 0) is 6.42 Å². The van der Waals surface area contributed by atoms with Gasteiger partial charge in [0, 0.05) is 18.4 Å². The van der Waals surface area contributed by atoms with Crippen LogP contribution >= 0.6 is 0 Å². The molecule has 2 heterocycles. The molecule has 0 atom stereocenters. The van der Waals surface area contributed by atoms with E-state index in [0.29, 0.717) is 0 Å². The molecule has 0 aliphatic carbocycles. The monoisotopic (exact) mass is 319 g/mol. The summed E-state index contributed by atoms with van der Waals surface area (Å²) in [5, 5.41) is 13.1. The van der Waals surface area contributed by atoms with Crippen molar-refractivity contribution in [1.29, 1.82) is 0 Å². The molecule has 0 saturated heterocycles. The van der Waals surface area contributed by atoms with Gasteiger partial charge in [0.2, 0.25) is 0 Å². The van der Waals surface area contributed by atoms with Gasteiger partial charge in [-0.15, -0.1) is 0 Å². The van der Waals surface area contributed by atoms with Gasteiger partial charge in [-0.2, -0.15) is 5.10 Å². The first-order chi connectivity index (χ1) is 11.8. The van der Waals surface area contributed by atoms with Gasteiger partial charge in [-0.3, -0.25) is 0 Å². The fourth-order valence-corrected chi connectivity index (χ4v) is 2.62. The zero-order chi connectivity index (χ0) is 16.8. The van der Waals surface area contributed by atoms with Gasteiger partial charge in [-0.05, 0) is 61.4 Å². The van der Waals surface area contributed by atoms with Gasteiger partial charge in [0.25, 0.3) is 0 Å². The lowest BCUT2D eigenvalue weighted by Crippen LogP contribution is -1.93. The predicted octanol–water partition coefficient (Wildman–Crippen LogP) is 3.14. The van der Waals surface area contributed by atoms with Crippen LogP contribution in [0.3, 0.4) is 0 Å². The summed E-state index contributed by atoms with van der Waals surface area (Å²) in [4.78, 5) is 4.31. The number of nitrogens with zero attached hydrogens (tertiary/aromatic N) is 3. The summed E-state index contributed by atoms with van der Waals surface area (Å²) in [5.41, 5.74) is 5.09. The number of rotatable bonds is 5. The Morgan fingerprint density at radius 3 is 2.92 bits per heavy atom. The van der Waals surface area contributed by atoms with Crippen molar-refractivity contribution < 1.29 is 5.11 Å². The molecule has 4 heteroatoms. The van der Waals surface area contributed by atoms with Crippen molar-refractivity contribution in [2.75, 3.05) is 6.61 Å². The van der Waals surface area contributed by atoms with Crippen LogP contribution in [0.25, 0.3) is 5.65 Å². The van der Waals surface area contributed by atoms with E-state index in [1.165, 1.54) is 11.1 Å². The van der Waals surface area contributed by atoms with Gasteiger partial charge in [0.1, 0.15) is 5.69 Å². The van der Waals surface area contributed by atoms with Crippen molar-refractivity contribution in [3.63, 3.8) is 0 Å². The zero-order valence-corrected chi connectivity index (χ0v) is 13.9. The highest BCUT2D eigenvalue weighted by Crippen LogP contribution is 2.13. The lowest BCUT2D eigenvalue weighted by molar-refractivity contribution is 0.283. The fraction of sp³-hybridized carbons (Fsp3) is 0.300. The minimum Gasteiger partial charge on any atom is -0.396 e. The number of fused-ring (bicyclic) bond motifs is 1. The summed E-state index contributed by atoms with van der Waals surface area (Å²) < 4.78 is 1.75. The van der Waals surface area contributed by atoms with Gasteiger partial charge in [-0.1, -0.05) is 24.5 Å². The molecule has 0 radical (unpaired) electrons. The van der Waals surface area contributed by atoms with Crippen molar-refractivity contribution in [2.24, 2.45) is 0 Å². The third-order valence-electron chi connectivity index (χ3n) is 4.03. The standard InChI is InChI=1S/C20H21N3O/c1-16-8-9-17(6-3-2-4-13-24)14-18(16)10-11-19-15-21-20-7-5-12-22-23(19)20/h5,7-9,12,14-15,24H,2-4,6,13H2,1H3. The Balaban J connectivity index is 1.80.